The third-order valence-electron chi connectivity index (χ3n) is 4.55. The second-order valence-corrected chi connectivity index (χ2v) is 6.22. The molecule has 3 aromatic rings. The first-order valence-electron chi connectivity index (χ1n) is 8.44. The van der Waals surface area contributed by atoms with Gasteiger partial charge in [0.25, 0.3) is 0 Å². The summed E-state index contributed by atoms with van der Waals surface area (Å²) in [4.78, 5) is 10.1. The minimum atomic E-state index is 0.970. The van der Waals surface area contributed by atoms with Gasteiger partial charge in [0.2, 0.25) is 0 Å². The fourth-order valence-corrected chi connectivity index (χ4v) is 3.17. The van der Waals surface area contributed by atoms with E-state index in [2.05, 4.69) is 75.7 Å². The molecule has 2 aromatic heterocycles. The van der Waals surface area contributed by atoms with Crippen LogP contribution in [0.15, 0.2) is 72.6 Å². The fourth-order valence-electron chi connectivity index (χ4n) is 3.17. The van der Waals surface area contributed by atoms with Gasteiger partial charge in [-0.1, -0.05) is 48.6 Å². The maximum Gasteiger partial charge on any atom is 0.137 e. The van der Waals surface area contributed by atoms with Crippen LogP contribution in [-0.4, -0.2) is 28.0 Å². The highest BCUT2D eigenvalue weighted by Gasteiger charge is 2.13. The van der Waals surface area contributed by atoms with Gasteiger partial charge in [0, 0.05) is 37.4 Å². The Kier molecular flexibility index (Phi) is 4.26. The monoisotopic (exact) mass is 315 g/mol. The normalized spacial score (nSPS) is 15.9. The summed E-state index contributed by atoms with van der Waals surface area (Å²) in [6, 6.07) is 14.6. The van der Waals surface area contributed by atoms with E-state index in [1.54, 1.807) is 0 Å². The Morgan fingerprint density at radius 1 is 1.08 bits per heavy atom. The number of aromatic nitrogens is 2. The van der Waals surface area contributed by atoms with Crippen molar-refractivity contribution in [1.29, 1.82) is 0 Å². The van der Waals surface area contributed by atoms with E-state index in [1.807, 2.05) is 12.3 Å². The molecule has 0 amide bonds. The SMILES string of the molecule is C1=C(/C=C/c2ccccc2)CCN(Cc2c[nH]c3ncccc23)C1. The number of hydrogen-bond donors (Lipinski definition) is 1. The molecule has 120 valence electrons. The fraction of sp³-hybridized carbons (Fsp3) is 0.190. The van der Waals surface area contributed by atoms with Crippen molar-refractivity contribution in [2.45, 2.75) is 13.0 Å². The summed E-state index contributed by atoms with van der Waals surface area (Å²) in [7, 11) is 0. The summed E-state index contributed by atoms with van der Waals surface area (Å²) in [5.41, 5.74) is 4.99. The third kappa shape index (κ3) is 3.31. The zero-order chi connectivity index (χ0) is 16.2. The summed E-state index contributed by atoms with van der Waals surface area (Å²) in [6.07, 6.45) is 11.8. The molecule has 1 aliphatic rings. The largest absolute Gasteiger partial charge is 0.346 e. The van der Waals surface area contributed by atoms with Crippen molar-refractivity contribution in [1.82, 2.24) is 14.9 Å². The Hall–Kier alpha value is -2.65. The summed E-state index contributed by atoms with van der Waals surface area (Å²) in [6.45, 7) is 3.07. The van der Waals surface area contributed by atoms with Crippen molar-refractivity contribution in [3.05, 3.63) is 83.7 Å². The molecule has 0 atom stereocenters. The molecule has 0 spiro atoms. The highest BCUT2D eigenvalue weighted by atomic mass is 15.1. The molecular weight excluding hydrogens is 294 g/mol. The van der Waals surface area contributed by atoms with Crippen LogP contribution in [0.5, 0.6) is 0 Å². The van der Waals surface area contributed by atoms with Gasteiger partial charge in [0.05, 0.1) is 0 Å². The number of aromatic amines is 1. The van der Waals surface area contributed by atoms with Crippen LogP contribution in [0.2, 0.25) is 0 Å². The molecular formula is C21H21N3. The molecule has 4 rings (SSSR count). The average Bonchev–Trinajstić information content (AvgIpc) is 3.05. The maximum absolute atomic E-state index is 4.37. The van der Waals surface area contributed by atoms with Gasteiger partial charge in [0.15, 0.2) is 0 Å². The van der Waals surface area contributed by atoms with E-state index in [0.29, 0.717) is 0 Å². The number of rotatable bonds is 4. The topological polar surface area (TPSA) is 31.9 Å². The molecule has 0 saturated carbocycles. The van der Waals surface area contributed by atoms with E-state index in [0.717, 1.165) is 31.7 Å². The minimum absolute atomic E-state index is 0.970. The van der Waals surface area contributed by atoms with Gasteiger partial charge in [-0.05, 0) is 35.3 Å². The van der Waals surface area contributed by atoms with Crippen molar-refractivity contribution in [3.8, 4) is 0 Å². The van der Waals surface area contributed by atoms with E-state index in [1.165, 1.54) is 22.1 Å². The third-order valence-corrected chi connectivity index (χ3v) is 4.55. The lowest BCUT2D eigenvalue weighted by Gasteiger charge is -2.25. The first-order chi connectivity index (χ1) is 11.9. The number of nitrogens with zero attached hydrogens (tertiary/aromatic N) is 2. The summed E-state index contributed by atoms with van der Waals surface area (Å²) < 4.78 is 0. The number of nitrogens with one attached hydrogen (secondary N) is 1. The van der Waals surface area contributed by atoms with Gasteiger partial charge < -0.3 is 4.98 Å². The molecule has 3 nitrogen and oxygen atoms in total. The standard InChI is InChI=1S/C21H21N3/c1-2-5-17(6-3-1)8-9-18-10-13-24(14-11-18)16-19-15-23-21-20(19)7-4-12-22-21/h1-10,12,15H,11,13-14,16H2,(H,22,23)/b9-8+. The van der Waals surface area contributed by atoms with Crippen molar-refractivity contribution in [2.75, 3.05) is 13.1 Å². The molecule has 3 heterocycles. The Bertz CT molecular complexity index is 874. The van der Waals surface area contributed by atoms with Gasteiger partial charge in [-0.15, -0.1) is 0 Å². The lowest BCUT2D eigenvalue weighted by atomic mass is 10.1. The molecule has 0 radical (unpaired) electrons. The molecule has 0 unspecified atom stereocenters. The quantitative estimate of drug-likeness (QED) is 0.773. The second-order valence-electron chi connectivity index (χ2n) is 6.22. The predicted octanol–water partition coefficient (Wildman–Crippen LogP) is 4.41. The number of hydrogen-bond acceptors (Lipinski definition) is 2. The lowest BCUT2D eigenvalue weighted by Crippen LogP contribution is -2.27. The van der Waals surface area contributed by atoms with Gasteiger partial charge in [-0.25, -0.2) is 4.98 Å². The molecule has 0 bridgehead atoms. The van der Waals surface area contributed by atoms with Crippen molar-refractivity contribution in [2.24, 2.45) is 0 Å². The molecule has 1 aromatic carbocycles. The Morgan fingerprint density at radius 3 is 2.83 bits per heavy atom. The van der Waals surface area contributed by atoms with Crippen molar-refractivity contribution >= 4 is 17.1 Å². The van der Waals surface area contributed by atoms with E-state index in [9.17, 15) is 0 Å². The molecule has 1 N–H and O–H groups in total. The van der Waals surface area contributed by atoms with Crippen LogP contribution in [0.4, 0.5) is 0 Å². The zero-order valence-electron chi connectivity index (χ0n) is 13.7. The van der Waals surface area contributed by atoms with Gasteiger partial charge >= 0.3 is 0 Å². The van der Waals surface area contributed by atoms with E-state index < -0.39 is 0 Å². The number of H-pyrrole nitrogens is 1. The van der Waals surface area contributed by atoms with Gasteiger partial charge in [-0.2, -0.15) is 0 Å². The average molecular weight is 315 g/mol. The van der Waals surface area contributed by atoms with Crippen LogP contribution in [-0.2, 0) is 6.54 Å². The van der Waals surface area contributed by atoms with Crippen LogP contribution in [0.3, 0.4) is 0 Å². The molecule has 0 aliphatic carbocycles. The Morgan fingerprint density at radius 2 is 2.00 bits per heavy atom. The van der Waals surface area contributed by atoms with E-state index in [4.69, 9.17) is 0 Å². The first-order valence-corrected chi connectivity index (χ1v) is 8.44. The lowest BCUT2D eigenvalue weighted by molar-refractivity contribution is 0.288. The highest BCUT2D eigenvalue weighted by Crippen LogP contribution is 2.20. The second kappa shape index (κ2) is 6.85. The van der Waals surface area contributed by atoms with Crippen LogP contribution in [0, 0.1) is 0 Å². The van der Waals surface area contributed by atoms with Gasteiger partial charge in [-0.3, -0.25) is 4.90 Å². The Labute approximate surface area is 142 Å². The molecule has 24 heavy (non-hydrogen) atoms. The molecule has 3 heteroatoms. The van der Waals surface area contributed by atoms with Crippen LogP contribution in [0.25, 0.3) is 17.1 Å². The van der Waals surface area contributed by atoms with Crippen molar-refractivity contribution < 1.29 is 0 Å². The molecule has 1 aliphatic heterocycles. The summed E-state index contributed by atoms with van der Waals surface area (Å²) in [5, 5.41) is 1.23. The maximum atomic E-state index is 4.37. The summed E-state index contributed by atoms with van der Waals surface area (Å²) in [5.74, 6) is 0. The molecule has 0 fully saturated rings. The van der Waals surface area contributed by atoms with E-state index in [-0.39, 0.29) is 0 Å². The van der Waals surface area contributed by atoms with Crippen LogP contribution >= 0.6 is 0 Å². The first kappa shape index (κ1) is 14.9. The molecule has 0 saturated heterocycles. The smallest absolute Gasteiger partial charge is 0.137 e. The van der Waals surface area contributed by atoms with Crippen LogP contribution < -0.4 is 0 Å². The number of allylic oxidation sites excluding steroid dienone is 1. The number of benzene rings is 1. The minimum Gasteiger partial charge on any atom is -0.346 e. The number of fused-ring (bicyclic) bond motifs is 1. The van der Waals surface area contributed by atoms with Gasteiger partial charge in [0.1, 0.15) is 5.65 Å². The van der Waals surface area contributed by atoms with Crippen LogP contribution in [0.1, 0.15) is 17.5 Å². The van der Waals surface area contributed by atoms with Crippen molar-refractivity contribution in [3.63, 3.8) is 0 Å². The highest BCUT2D eigenvalue weighted by molar-refractivity contribution is 5.79. The number of pyridine rings is 1. The summed E-state index contributed by atoms with van der Waals surface area (Å²) >= 11 is 0. The predicted molar refractivity (Wildman–Crippen MR) is 99.5 cm³/mol. The zero-order valence-corrected chi connectivity index (χ0v) is 13.7. The van der Waals surface area contributed by atoms with E-state index >= 15 is 0 Å². The Balaban J connectivity index is 1.40.